The van der Waals surface area contributed by atoms with E-state index >= 15 is 0 Å². The van der Waals surface area contributed by atoms with E-state index in [1.807, 2.05) is 13.0 Å². The maximum atomic E-state index is 11.6. The zero-order chi connectivity index (χ0) is 9.84. The van der Waals surface area contributed by atoms with Crippen LogP contribution in [0.2, 0.25) is 0 Å². The molecule has 3 heteroatoms. The predicted molar refractivity (Wildman–Crippen MR) is 49.8 cm³/mol. The van der Waals surface area contributed by atoms with E-state index < -0.39 is 5.92 Å². The van der Waals surface area contributed by atoms with Gasteiger partial charge in [-0.1, -0.05) is 6.92 Å². The summed E-state index contributed by atoms with van der Waals surface area (Å²) in [6.07, 6.45) is 3.09. The molecule has 0 spiro atoms. The molecular formula is C10H16N2O. The van der Waals surface area contributed by atoms with Crippen LogP contribution in [0, 0.1) is 23.2 Å². The second-order valence-corrected chi connectivity index (χ2v) is 3.75. The van der Waals surface area contributed by atoms with Crippen molar-refractivity contribution < 1.29 is 4.79 Å². The number of hydrogen-bond donors (Lipinski definition) is 0. The minimum Gasteiger partial charge on any atom is -0.344 e. The maximum absolute atomic E-state index is 11.6. The van der Waals surface area contributed by atoms with Gasteiger partial charge in [0.25, 0.3) is 0 Å². The van der Waals surface area contributed by atoms with Gasteiger partial charge in [-0.2, -0.15) is 5.26 Å². The fourth-order valence-electron chi connectivity index (χ4n) is 1.36. The number of rotatable bonds is 4. The average Bonchev–Trinajstić information content (AvgIpc) is 2.90. The summed E-state index contributed by atoms with van der Waals surface area (Å²) in [6.45, 7) is 2.70. The van der Waals surface area contributed by atoms with Gasteiger partial charge in [-0.25, -0.2) is 0 Å². The Bertz CT molecular complexity index is 228. The van der Waals surface area contributed by atoms with E-state index in [0.29, 0.717) is 12.3 Å². The molecule has 0 saturated heterocycles. The summed E-state index contributed by atoms with van der Waals surface area (Å²) < 4.78 is 0. The Kier molecular flexibility index (Phi) is 3.30. The van der Waals surface area contributed by atoms with Crippen LogP contribution in [-0.4, -0.2) is 24.4 Å². The summed E-state index contributed by atoms with van der Waals surface area (Å²) in [4.78, 5) is 13.3. The second kappa shape index (κ2) is 4.27. The Balaban J connectivity index is 2.39. The molecule has 1 atom stereocenters. The van der Waals surface area contributed by atoms with E-state index in [0.717, 1.165) is 6.54 Å². The Hall–Kier alpha value is -1.04. The Morgan fingerprint density at radius 2 is 2.31 bits per heavy atom. The smallest absolute Gasteiger partial charge is 0.239 e. The minimum absolute atomic E-state index is 0.0168. The van der Waals surface area contributed by atoms with E-state index in [-0.39, 0.29) is 5.91 Å². The molecule has 1 saturated carbocycles. The van der Waals surface area contributed by atoms with Crippen LogP contribution in [0.15, 0.2) is 0 Å². The molecule has 72 valence electrons. The Morgan fingerprint density at radius 1 is 1.69 bits per heavy atom. The third kappa shape index (κ3) is 2.73. The van der Waals surface area contributed by atoms with Gasteiger partial charge in [0.2, 0.25) is 5.91 Å². The molecule has 1 amide bonds. The van der Waals surface area contributed by atoms with E-state index in [2.05, 4.69) is 0 Å². The molecule has 1 aliphatic rings. The van der Waals surface area contributed by atoms with E-state index in [4.69, 9.17) is 5.26 Å². The Morgan fingerprint density at radius 3 is 2.69 bits per heavy atom. The van der Waals surface area contributed by atoms with Gasteiger partial charge in [-0.3, -0.25) is 4.79 Å². The zero-order valence-electron chi connectivity index (χ0n) is 8.29. The number of carbonyl (C=O) groups is 1. The molecule has 0 bridgehead atoms. The zero-order valence-corrected chi connectivity index (χ0v) is 8.29. The third-order valence-corrected chi connectivity index (χ3v) is 2.47. The molecule has 1 rings (SSSR count). The van der Waals surface area contributed by atoms with Crippen LogP contribution < -0.4 is 0 Å². The molecule has 0 aromatic carbocycles. The van der Waals surface area contributed by atoms with Crippen LogP contribution in [0.5, 0.6) is 0 Å². The molecular weight excluding hydrogens is 164 g/mol. The van der Waals surface area contributed by atoms with Gasteiger partial charge in [0.1, 0.15) is 5.92 Å². The van der Waals surface area contributed by atoms with Gasteiger partial charge in [0, 0.05) is 13.6 Å². The van der Waals surface area contributed by atoms with Crippen molar-refractivity contribution in [2.75, 3.05) is 13.6 Å². The summed E-state index contributed by atoms with van der Waals surface area (Å²) in [5.41, 5.74) is 0. The van der Waals surface area contributed by atoms with Crippen molar-refractivity contribution in [1.29, 1.82) is 5.26 Å². The lowest BCUT2D eigenvalue weighted by Crippen LogP contribution is -2.33. The van der Waals surface area contributed by atoms with Crippen molar-refractivity contribution in [3.63, 3.8) is 0 Å². The molecule has 0 radical (unpaired) electrons. The van der Waals surface area contributed by atoms with Crippen molar-refractivity contribution >= 4 is 5.91 Å². The first kappa shape index (κ1) is 10.0. The van der Waals surface area contributed by atoms with Crippen molar-refractivity contribution in [1.82, 2.24) is 4.90 Å². The molecule has 1 fully saturated rings. The van der Waals surface area contributed by atoms with Crippen LogP contribution >= 0.6 is 0 Å². The monoisotopic (exact) mass is 180 g/mol. The molecule has 0 heterocycles. The van der Waals surface area contributed by atoms with Gasteiger partial charge < -0.3 is 4.90 Å². The van der Waals surface area contributed by atoms with Crippen molar-refractivity contribution in [2.24, 2.45) is 11.8 Å². The molecule has 1 unspecified atom stereocenters. The highest BCUT2D eigenvalue weighted by Crippen LogP contribution is 2.29. The van der Waals surface area contributed by atoms with Crippen LogP contribution in [0.25, 0.3) is 0 Å². The highest BCUT2D eigenvalue weighted by molar-refractivity contribution is 5.80. The van der Waals surface area contributed by atoms with Gasteiger partial charge >= 0.3 is 0 Å². The first-order chi connectivity index (χ1) is 6.19. The van der Waals surface area contributed by atoms with Crippen molar-refractivity contribution in [2.45, 2.75) is 26.2 Å². The molecule has 0 N–H and O–H groups in total. The molecule has 0 aliphatic heterocycles. The Labute approximate surface area is 79.3 Å². The number of carbonyl (C=O) groups excluding carboxylic acids is 1. The first-order valence-electron chi connectivity index (χ1n) is 4.83. The van der Waals surface area contributed by atoms with Gasteiger partial charge in [0.05, 0.1) is 6.07 Å². The standard InChI is InChI=1S/C10H16N2O/c1-3-9(6-11)10(13)12(2)7-8-4-5-8/h8-9H,3-5,7H2,1-2H3. The van der Waals surface area contributed by atoms with Gasteiger partial charge in [-0.05, 0) is 25.2 Å². The lowest BCUT2D eigenvalue weighted by molar-refractivity contribution is -0.132. The number of hydrogen-bond acceptors (Lipinski definition) is 2. The third-order valence-electron chi connectivity index (χ3n) is 2.47. The number of nitriles is 1. The summed E-state index contributed by atoms with van der Waals surface area (Å²) in [5.74, 6) is 0.241. The molecule has 3 nitrogen and oxygen atoms in total. The topological polar surface area (TPSA) is 44.1 Å². The average molecular weight is 180 g/mol. The summed E-state index contributed by atoms with van der Waals surface area (Å²) in [7, 11) is 1.79. The van der Waals surface area contributed by atoms with Crippen molar-refractivity contribution in [3.8, 4) is 6.07 Å². The van der Waals surface area contributed by atoms with Crippen LogP contribution in [0.3, 0.4) is 0 Å². The van der Waals surface area contributed by atoms with Crippen LogP contribution in [0.1, 0.15) is 26.2 Å². The van der Waals surface area contributed by atoms with E-state index in [1.54, 1.807) is 11.9 Å². The number of amides is 1. The highest BCUT2D eigenvalue weighted by atomic mass is 16.2. The van der Waals surface area contributed by atoms with Gasteiger partial charge in [-0.15, -0.1) is 0 Å². The highest BCUT2D eigenvalue weighted by Gasteiger charge is 2.27. The second-order valence-electron chi connectivity index (χ2n) is 3.75. The van der Waals surface area contributed by atoms with Crippen LogP contribution in [-0.2, 0) is 4.79 Å². The quantitative estimate of drug-likeness (QED) is 0.656. The lowest BCUT2D eigenvalue weighted by atomic mass is 10.1. The molecule has 0 aromatic rings. The maximum Gasteiger partial charge on any atom is 0.239 e. The number of nitrogens with zero attached hydrogens (tertiary/aromatic N) is 2. The minimum atomic E-state index is -0.441. The molecule has 1 aliphatic carbocycles. The fourth-order valence-corrected chi connectivity index (χ4v) is 1.36. The normalized spacial score (nSPS) is 17.6. The fraction of sp³-hybridized carbons (Fsp3) is 0.800. The largest absolute Gasteiger partial charge is 0.344 e. The van der Waals surface area contributed by atoms with E-state index in [9.17, 15) is 4.79 Å². The van der Waals surface area contributed by atoms with Crippen LogP contribution in [0.4, 0.5) is 0 Å². The molecule has 0 aromatic heterocycles. The summed E-state index contributed by atoms with van der Waals surface area (Å²) >= 11 is 0. The summed E-state index contributed by atoms with van der Waals surface area (Å²) in [6, 6.07) is 2.03. The van der Waals surface area contributed by atoms with E-state index in [1.165, 1.54) is 12.8 Å². The van der Waals surface area contributed by atoms with Crippen molar-refractivity contribution in [3.05, 3.63) is 0 Å². The SMILES string of the molecule is CCC(C#N)C(=O)N(C)CC1CC1. The molecule has 13 heavy (non-hydrogen) atoms. The predicted octanol–water partition coefficient (Wildman–Crippen LogP) is 1.40. The summed E-state index contributed by atoms with van der Waals surface area (Å²) in [5, 5.41) is 8.70. The lowest BCUT2D eigenvalue weighted by Gasteiger charge is -2.18. The first-order valence-corrected chi connectivity index (χ1v) is 4.83. The van der Waals surface area contributed by atoms with Gasteiger partial charge in [0.15, 0.2) is 0 Å².